The van der Waals surface area contributed by atoms with Gasteiger partial charge in [0.2, 0.25) is 0 Å². The monoisotopic (exact) mass is 314 g/mol. The van der Waals surface area contributed by atoms with Gasteiger partial charge < -0.3 is 19.0 Å². The summed E-state index contributed by atoms with van der Waals surface area (Å²) < 4.78 is 16.6. The van der Waals surface area contributed by atoms with Crippen molar-refractivity contribution in [1.82, 2.24) is 0 Å². The van der Waals surface area contributed by atoms with E-state index < -0.39 is 0 Å². The van der Waals surface area contributed by atoms with Crippen molar-refractivity contribution in [1.29, 1.82) is 0 Å². The molecule has 0 N–H and O–H groups in total. The van der Waals surface area contributed by atoms with Crippen LogP contribution in [0.25, 0.3) is 0 Å². The maximum absolute atomic E-state index is 10.8. The van der Waals surface area contributed by atoms with E-state index in [1.54, 1.807) is 7.11 Å². The Balaban J connectivity index is 1.77. The summed E-state index contributed by atoms with van der Waals surface area (Å²) >= 11 is 0. The van der Waals surface area contributed by atoms with E-state index in [4.69, 9.17) is 14.2 Å². The number of aldehydes is 1. The van der Waals surface area contributed by atoms with Gasteiger partial charge in [0.15, 0.2) is 0 Å². The average Bonchev–Trinajstić information content (AvgIpc) is 2.61. The van der Waals surface area contributed by atoms with Crippen LogP contribution in [0.3, 0.4) is 0 Å². The zero-order valence-corrected chi connectivity index (χ0v) is 13.3. The van der Waals surface area contributed by atoms with Crippen LogP contribution < -0.4 is 4.74 Å². The molecule has 0 saturated heterocycles. The van der Waals surface area contributed by atoms with Crippen molar-refractivity contribution in [2.75, 3.05) is 13.7 Å². The van der Waals surface area contributed by atoms with Gasteiger partial charge in [-0.15, -0.1) is 0 Å². The molecule has 23 heavy (non-hydrogen) atoms. The number of hydrogen-bond donors (Lipinski definition) is 0. The van der Waals surface area contributed by atoms with E-state index in [1.807, 2.05) is 54.6 Å². The summed E-state index contributed by atoms with van der Waals surface area (Å²) in [5.41, 5.74) is 2.14. The number of methoxy groups -OCH3 is 1. The lowest BCUT2D eigenvalue weighted by Gasteiger charge is -2.16. The van der Waals surface area contributed by atoms with E-state index in [1.165, 1.54) is 0 Å². The van der Waals surface area contributed by atoms with Gasteiger partial charge in [-0.25, -0.2) is 0 Å². The standard InChI is InChI=1S/C19H22O4/c1-21-18-9-7-17(8-10-18)14-23-19(11-12-20)15-22-13-16-5-3-2-4-6-16/h2-10,12,19H,11,13-15H2,1H3/t19-/m1/s1. The van der Waals surface area contributed by atoms with Gasteiger partial charge in [0.05, 0.1) is 33.0 Å². The summed E-state index contributed by atoms with van der Waals surface area (Å²) in [6.07, 6.45) is 0.952. The largest absolute Gasteiger partial charge is 0.497 e. The highest BCUT2D eigenvalue weighted by molar-refractivity contribution is 5.50. The molecule has 0 radical (unpaired) electrons. The number of carbonyl (C=O) groups is 1. The molecule has 2 aromatic carbocycles. The molecule has 0 spiro atoms. The van der Waals surface area contributed by atoms with E-state index in [-0.39, 0.29) is 6.10 Å². The summed E-state index contributed by atoms with van der Waals surface area (Å²) in [7, 11) is 1.63. The van der Waals surface area contributed by atoms with Crippen molar-refractivity contribution in [3.8, 4) is 5.75 Å². The topological polar surface area (TPSA) is 44.8 Å². The molecule has 0 aliphatic rings. The van der Waals surface area contributed by atoms with E-state index in [9.17, 15) is 4.79 Å². The molecule has 122 valence electrons. The second-order valence-electron chi connectivity index (χ2n) is 5.18. The number of benzene rings is 2. The Morgan fingerprint density at radius 1 is 0.957 bits per heavy atom. The minimum Gasteiger partial charge on any atom is -0.497 e. The quantitative estimate of drug-likeness (QED) is 0.631. The van der Waals surface area contributed by atoms with E-state index in [2.05, 4.69) is 0 Å². The third-order valence-corrected chi connectivity index (χ3v) is 3.42. The zero-order valence-electron chi connectivity index (χ0n) is 13.3. The van der Waals surface area contributed by atoms with Crippen molar-refractivity contribution >= 4 is 6.29 Å². The fourth-order valence-electron chi connectivity index (χ4n) is 2.11. The van der Waals surface area contributed by atoms with Crippen molar-refractivity contribution in [3.05, 3.63) is 65.7 Å². The van der Waals surface area contributed by atoms with Gasteiger partial charge in [0.1, 0.15) is 12.0 Å². The van der Waals surface area contributed by atoms with Crippen LogP contribution in [0, 0.1) is 0 Å². The summed E-state index contributed by atoms with van der Waals surface area (Å²) in [4.78, 5) is 10.8. The average molecular weight is 314 g/mol. The highest BCUT2D eigenvalue weighted by atomic mass is 16.5. The van der Waals surface area contributed by atoms with Crippen LogP contribution >= 0.6 is 0 Å². The normalized spacial score (nSPS) is 11.9. The molecule has 0 saturated carbocycles. The van der Waals surface area contributed by atoms with Crippen molar-refractivity contribution in [2.45, 2.75) is 25.7 Å². The Morgan fingerprint density at radius 2 is 1.65 bits per heavy atom. The third kappa shape index (κ3) is 6.22. The van der Waals surface area contributed by atoms with Crippen LogP contribution in [0.1, 0.15) is 17.5 Å². The highest BCUT2D eigenvalue weighted by Crippen LogP contribution is 2.13. The maximum atomic E-state index is 10.8. The fraction of sp³-hybridized carbons (Fsp3) is 0.316. The number of rotatable bonds is 10. The lowest BCUT2D eigenvalue weighted by molar-refractivity contribution is -0.112. The van der Waals surface area contributed by atoms with E-state index in [0.29, 0.717) is 26.2 Å². The Labute approximate surface area is 137 Å². The van der Waals surface area contributed by atoms with Crippen LogP contribution in [-0.2, 0) is 27.5 Å². The van der Waals surface area contributed by atoms with Gasteiger partial charge in [0.25, 0.3) is 0 Å². The minimum absolute atomic E-state index is 0.238. The number of carbonyl (C=O) groups excluding carboxylic acids is 1. The summed E-state index contributed by atoms with van der Waals surface area (Å²) in [5.74, 6) is 0.810. The minimum atomic E-state index is -0.238. The smallest absolute Gasteiger partial charge is 0.122 e. The molecular weight excluding hydrogens is 292 g/mol. The predicted molar refractivity (Wildman–Crippen MR) is 88.4 cm³/mol. The lowest BCUT2D eigenvalue weighted by Crippen LogP contribution is -2.20. The molecule has 0 amide bonds. The first kappa shape index (κ1) is 17.2. The maximum Gasteiger partial charge on any atom is 0.122 e. The van der Waals surface area contributed by atoms with Crippen LogP contribution in [0.5, 0.6) is 5.75 Å². The molecule has 0 aliphatic heterocycles. The molecule has 1 atom stereocenters. The molecule has 0 fully saturated rings. The van der Waals surface area contributed by atoms with Crippen LogP contribution in [0.4, 0.5) is 0 Å². The van der Waals surface area contributed by atoms with Crippen molar-refractivity contribution < 1.29 is 19.0 Å². The summed E-state index contributed by atoms with van der Waals surface area (Å²) in [5, 5.41) is 0. The Morgan fingerprint density at radius 3 is 2.30 bits per heavy atom. The SMILES string of the molecule is COc1ccc(CO[C@H](CC=O)COCc2ccccc2)cc1. The Hall–Kier alpha value is -2.17. The zero-order chi connectivity index (χ0) is 16.3. The summed E-state index contributed by atoms with van der Waals surface area (Å²) in [6.45, 7) is 1.35. The number of ether oxygens (including phenoxy) is 3. The first-order valence-electron chi connectivity index (χ1n) is 7.61. The van der Waals surface area contributed by atoms with Gasteiger partial charge in [0, 0.05) is 6.42 Å². The van der Waals surface area contributed by atoms with Gasteiger partial charge in [-0.1, -0.05) is 42.5 Å². The third-order valence-electron chi connectivity index (χ3n) is 3.42. The van der Waals surface area contributed by atoms with Crippen molar-refractivity contribution in [3.63, 3.8) is 0 Å². The van der Waals surface area contributed by atoms with Gasteiger partial charge in [-0.05, 0) is 23.3 Å². The number of hydrogen-bond acceptors (Lipinski definition) is 4. The molecular formula is C19H22O4. The fourth-order valence-corrected chi connectivity index (χ4v) is 2.11. The first-order valence-corrected chi connectivity index (χ1v) is 7.61. The first-order chi connectivity index (χ1) is 11.3. The Kier molecular flexibility index (Phi) is 7.30. The molecule has 0 aliphatic carbocycles. The Bertz CT molecular complexity index is 566. The second-order valence-corrected chi connectivity index (χ2v) is 5.18. The molecule has 0 unspecified atom stereocenters. The van der Waals surface area contributed by atoms with Gasteiger partial charge in [-0.3, -0.25) is 0 Å². The molecule has 0 bridgehead atoms. The van der Waals surface area contributed by atoms with E-state index >= 15 is 0 Å². The van der Waals surface area contributed by atoms with Crippen LogP contribution in [0.15, 0.2) is 54.6 Å². The van der Waals surface area contributed by atoms with Gasteiger partial charge in [-0.2, -0.15) is 0 Å². The molecule has 0 aromatic heterocycles. The summed E-state index contributed by atoms with van der Waals surface area (Å²) in [6, 6.07) is 17.6. The highest BCUT2D eigenvalue weighted by Gasteiger charge is 2.09. The predicted octanol–water partition coefficient (Wildman–Crippen LogP) is 3.39. The van der Waals surface area contributed by atoms with Crippen molar-refractivity contribution in [2.24, 2.45) is 0 Å². The molecule has 0 heterocycles. The lowest BCUT2D eigenvalue weighted by atomic mass is 10.2. The second kappa shape index (κ2) is 9.77. The molecule has 4 heteroatoms. The molecule has 2 aromatic rings. The van der Waals surface area contributed by atoms with Crippen LogP contribution in [-0.4, -0.2) is 26.1 Å². The van der Waals surface area contributed by atoms with E-state index in [0.717, 1.165) is 23.2 Å². The van der Waals surface area contributed by atoms with Gasteiger partial charge >= 0.3 is 0 Å². The molecule has 4 nitrogen and oxygen atoms in total. The molecule has 2 rings (SSSR count). The van der Waals surface area contributed by atoms with Crippen LogP contribution in [0.2, 0.25) is 0 Å².